The number of carbonyl (C=O) groups is 1. The van der Waals surface area contributed by atoms with Crippen LogP contribution in [0.3, 0.4) is 0 Å². The minimum Gasteiger partial charge on any atom is -0.350 e. The summed E-state index contributed by atoms with van der Waals surface area (Å²) < 4.78 is 0.719. The first-order chi connectivity index (χ1) is 6.91. The first-order valence-electron chi connectivity index (χ1n) is 4.37. The summed E-state index contributed by atoms with van der Waals surface area (Å²) in [6.45, 7) is 3.80. The van der Waals surface area contributed by atoms with Gasteiger partial charge in [-0.3, -0.25) is 4.79 Å². The Morgan fingerprint density at radius 3 is 2.53 bits per heavy atom. The fourth-order valence-electron chi connectivity index (χ4n) is 1.06. The summed E-state index contributed by atoms with van der Waals surface area (Å²) in [4.78, 5) is 11.7. The van der Waals surface area contributed by atoms with Crippen LogP contribution in [0, 0.1) is 3.57 Å². The maximum Gasteiger partial charge on any atom is 0.252 e. The van der Waals surface area contributed by atoms with Gasteiger partial charge in [0, 0.05) is 14.6 Å². The zero-order valence-electron chi connectivity index (χ0n) is 8.27. The van der Waals surface area contributed by atoms with Crippen LogP contribution in [0.25, 0.3) is 0 Å². The number of amides is 1. The molecular formula is C10H10Cl2INO. The molecule has 1 rings (SSSR count). The number of nitrogens with one attached hydrogen (secondary N) is 1. The highest BCUT2D eigenvalue weighted by molar-refractivity contribution is 14.1. The quantitative estimate of drug-likeness (QED) is 0.634. The topological polar surface area (TPSA) is 29.1 Å². The van der Waals surface area contributed by atoms with Crippen molar-refractivity contribution in [1.29, 1.82) is 0 Å². The number of halogens is 3. The number of rotatable bonds is 2. The van der Waals surface area contributed by atoms with Gasteiger partial charge >= 0.3 is 0 Å². The van der Waals surface area contributed by atoms with Gasteiger partial charge in [0.25, 0.3) is 5.91 Å². The number of benzene rings is 1. The zero-order valence-corrected chi connectivity index (χ0v) is 11.9. The molecule has 5 heteroatoms. The van der Waals surface area contributed by atoms with Gasteiger partial charge in [-0.15, -0.1) is 0 Å². The maximum atomic E-state index is 11.7. The van der Waals surface area contributed by atoms with Crippen LogP contribution in [0.4, 0.5) is 0 Å². The zero-order chi connectivity index (χ0) is 11.6. The average molecular weight is 358 g/mol. The standard InChI is InChI=1S/C10H10Cl2INO/c1-5(2)14-10(15)7-3-6(11)4-8(12)9(7)13/h3-5H,1-2H3,(H,14,15). The third-order valence-corrected chi connectivity index (χ3v) is 3.65. The molecule has 1 aromatic carbocycles. The van der Waals surface area contributed by atoms with Gasteiger partial charge in [-0.05, 0) is 48.6 Å². The molecule has 1 N–H and O–H groups in total. The van der Waals surface area contributed by atoms with Crippen LogP contribution in [0.5, 0.6) is 0 Å². The second-order valence-corrected chi connectivity index (χ2v) is 5.30. The van der Waals surface area contributed by atoms with Crippen LogP contribution in [0.15, 0.2) is 12.1 Å². The Labute approximate surface area is 112 Å². The SMILES string of the molecule is CC(C)NC(=O)c1cc(Cl)cc(Cl)c1I. The van der Waals surface area contributed by atoms with E-state index < -0.39 is 0 Å². The summed E-state index contributed by atoms with van der Waals surface area (Å²) >= 11 is 13.8. The van der Waals surface area contributed by atoms with E-state index in [0.717, 1.165) is 3.57 Å². The third kappa shape index (κ3) is 3.50. The first-order valence-corrected chi connectivity index (χ1v) is 6.20. The molecule has 0 bridgehead atoms. The van der Waals surface area contributed by atoms with Crippen LogP contribution in [-0.2, 0) is 0 Å². The normalized spacial score (nSPS) is 10.5. The van der Waals surface area contributed by atoms with E-state index in [2.05, 4.69) is 5.32 Å². The van der Waals surface area contributed by atoms with Gasteiger partial charge in [-0.1, -0.05) is 23.2 Å². The van der Waals surface area contributed by atoms with Crippen molar-refractivity contribution in [3.8, 4) is 0 Å². The Balaban J connectivity index is 3.08. The van der Waals surface area contributed by atoms with E-state index in [4.69, 9.17) is 23.2 Å². The summed E-state index contributed by atoms with van der Waals surface area (Å²) in [6, 6.07) is 3.33. The van der Waals surface area contributed by atoms with E-state index in [-0.39, 0.29) is 11.9 Å². The monoisotopic (exact) mass is 357 g/mol. The molecule has 0 aliphatic carbocycles. The summed E-state index contributed by atoms with van der Waals surface area (Å²) in [5.41, 5.74) is 0.516. The molecule has 0 unspecified atom stereocenters. The highest BCUT2D eigenvalue weighted by Crippen LogP contribution is 2.26. The number of hydrogen-bond acceptors (Lipinski definition) is 1. The second kappa shape index (κ2) is 5.37. The number of hydrogen-bond donors (Lipinski definition) is 1. The molecule has 2 nitrogen and oxygen atoms in total. The lowest BCUT2D eigenvalue weighted by molar-refractivity contribution is 0.0942. The molecule has 0 spiro atoms. The molecular weight excluding hydrogens is 348 g/mol. The maximum absolute atomic E-state index is 11.7. The lowest BCUT2D eigenvalue weighted by Crippen LogP contribution is -2.30. The lowest BCUT2D eigenvalue weighted by Gasteiger charge is -2.10. The summed E-state index contributed by atoms with van der Waals surface area (Å²) in [5, 5.41) is 3.76. The third-order valence-electron chi connectivity index (χ3n) is 1.66. The van der Waals surface area contributed by atoms with Crippen molar-refractivity contribution in [2.75, 3.05) is 0 Å². The molecule has 0 saturated heterocycles. The largest absolute Gasteiger partial charge is 0.350 e. The van der Waals surface area contributed by atoms with Gasteiger partial charge in [0.2, 0.25) is 0 Å². The summed E-state index contributed by atoms with van der Waals surface area (Å²) in [5.74, 6) is -0.154. The minimum atomic E-state index is -0.154. The van der Waals surface area contributed by atoms with Crippen LogP contribution >= 0.6 is 45.8 Å². The fourth-order valence-corrected chi connectivity index (χ4v) is 2.11. The Morgan fingerprint density at radius 1 is 1.40 bits per heavy atom. The van der Waals surface area contributed by atoms with Crippen molar-refractivity contribution in [2.45, 2.75) is 19.9 Å². The molecule has 1 amide bonds. The van der Waals surface area contributed by atoms with Crippen LogP contribution in [-0.4, -0.2) is 11.9 Å². The van der Waals surface area contributed by atoms with E-state index in [9.17, 15) is 4.79 Å². The average Bonchev–Trinajstić information content (AvgIpc) is 2.09. The predicted octanol–water partition coefficient (Wildman–Crippen LogP) is 3.74. The van der Waals surface area contributed by atoms with E-state index in [1.165, 1.54) is 0 Å². The minimum absolute atomic E-state index is 0.0889. The van der Waals surface area contributed by atoms with Gasteiger partial charge < -0.3 is 5.32 Å². The van der Waals surface area contributed by atoms with Gasteiger partial charge in [0.15, 0.2) is 0 Å². The van der Waals surface area contributed by atoms with Gasteiger partial charge in [-0.2, -0.15) is 0 Å². The van der Waals surface area contributed by atoms with Crippen molar-refractivity contribution in [3.63, 3.8) is 0 Å². The van der Waals surface area contributed by atoms with Gasteiger partial charge in [0.05, 0.1) is 10.6 Å². The van der Waals surface area contributed by atoms with Crippen molar-refractivity contribution in [1.82, 2.24) is 5.32 Å². The molecule has 0 aromatic heterocycles. The number of carbonyl (C=O) groups excluding carboxylic acids is 1. The van der Waals surface area contributed by atoms with Gasteiger partial charge in [0.1, 0.15) is 0 Å². The molecule has 1 aromatic rings. The van der Waals surface area contributed by atoms with E-state index in [0.29, 0.717) is 15.6 Å². The Morgan fingerprint density at radius 2 is 2.00 bits per heavy atom. The molecule has 0 saturated carbocycles. The molecule has 0 fully saturated rings. The Hall–Kier alpha value is -0.000000000000000111. The smallest absolute Gasteiger partial charge is 0.252 e. The van der Waals surface area contributed by atoms with E-state index in [1.54, 1.807) is 12.1 Å². The van der Waals surface area contributed by atoms with Crippen LogP contribution in [0.2, 0.25) is 10.0 Å². The highest BCUT2D eigenvalue weighted by Gasteiger charge is 2.14. The second-order valence-electron chi connectivity index (χ2n) is 3.38. The fraction of sp³-hybridized carbons (Fsp3) is 0.300. The summed E-state index contributed by atoms with van der Waals surface area (Å²) in [7, 11) is 0. The van der Waals surface area contributed by atoms with Crippen molar-refractivity contribution in [3.05, 3.63) is 31.3 Å². The van der Waals surface area contributed by atoms with Crippen LogP contribution in [0.1, 0.15) is 24.2 Å². The predicted molar refractivity (Wildman–Crippen MR) is 71.8 cm³/mol. The van der Waals surface area contributed by atoms with E-state index in [1.807, 2.05) is 36.4 Å². The molecule has 0 aliphatic rings. The molecule has 15 heavy (non-hydrogen) atoms. The van der Waals surface area contributed by atoms with Crippen LogP contribution < -0.4 is 5.32 Å². The van der Waals surface area contributed by atoms with Crippen molar-refractivity contribution < 1.29 is 4.79 Å². The Bertz CT molecular complexity index is 393. The molecule has 0 aliphatic heterocycles. The molecule has 0 atom stereocenters. The molecule has 0 radical (unpaired) electrons. The Kier molecular flexibility index (Phi) is 4.67. The van der Waals surface area contributed by atoms with Crippen molar-refractivity contribution >= 4 is 51.7 Å². The lowest BCUT2D eigenvalue weighted by atomic mass is 10.2. The van der Waals surface area contributed by atoms with Crippen molar-refractivity contribution in [2.24, 2.45) is 0 Å². The highest BCUT2D eigenvalue weighted by atomic mass is 127. The first kappa shape index (κ1) is 13.1. The molecule has 0 heterocycles. The molecule has 82 valence electrons. The van der Waals surface area contributed by atoms with E-state index >= 15 is 0 Å². The van der Waals surface area contributed by atoms with Gasteiger partial charge in [-0.25, -0.2) is 0 Å². The summed E-state index contributed by atoms with van der Waals surface area (Å²) in [6.07, 6.45) is 0.